The molecule has 1 aliphatic heterocycles. The third-order valence-corrected chi connectivity index (χ3v) is 3.63. The Bertz CT molecular complexity index is 598. The van der Waals surface area contributed by atoms with Gasteiger partial charge >= 0.3 is 6.18 Å². The van der Waals surface area contributed by atoms with Crippen molar-refractivity contribution in [2.45, 2.75) is 31.9 Å². The van der Waals surface area contributed by atoms with E-state index in [-0.39, 0.29) is 12.8 Å². The van der Waals surface area contributed by atoms with Gasteiger partial charge in [0.1, 0.15) is 5.41 Å². The van der Waals surface area contributed by atoms with E-state index >= 15 is 0 Å². The van der Waals surface area contributed by atoms with Crippen LogP contribution in [0.5, 0.6) is 0 Å². The fourth-order valence-corrected chi connectivity index (χ4v) is 2.24. The number of rotatable bonds is 0. The molecule has 0 N–H and O–H groups in total. The summed E-state index contributed by atoms with van der Waals surface area (Å²) in [5.74, 6) is 5.19. The summed E-state index contributed by atoms with van der Waals surface area (Å²) in [6, 6.07) is 5.44. The first-order valence-corrected chi connectivity index (χ1v) is 6.26. The molecule has 1 nitrogen and oxygen atoms in total. The molecule has 2 aliphatic rings. The van der Waals surface area contributed by atoms with Gasteiger partial charge in [-0.15, -0.1) is 0 Å². The zero-order valence-electron chi connectivity index (χ0n) is 10.2. The van der Waals surface area contributed by atoms with E-state index in [4.69, 9.17) is 0 Å². The second kappa shape index (κ2) is 4.12. The molecule has 0 amide bonds. The molecule has 4 heteroatoms. The summed E-state index contributed by atoms with van der Waals surface area (Å²) in [7, 11) is 0. The van der Waals surface area contributed by atoms with E-state index < -0.39 is 11.6 Å². The van der Waals surface area contributed by atoms with Gasteiger partial charge in [0.15, 0.2) is 0 Å². The first kappa shape index (κ1) is 12.3. The molecule has 3 rings (SSSR count). The summed E-state index contributed by atoms with van der Waals surface area (Å²) in [6.07, 6.45) is -0.531. The minimum Gasteiger partial charge on any atom is -0.261 e. The Labute approximate surface area is 109 Å². The van der Waals surface area contributed by atoms with Crippen molar-refractivity contribution in [1.29, 1.82) is 0 Å². The lowest BCUT2D eigenvalue weighted by Gasteiger charge is -2.13. The molecule has 1 saturated carbocycles. The normalized spacial score (nSPS) is 19.3. The van der Waals surface area contributed by atoms with Gasteiger partial charge in [0.25, 0.3) is 0 Å². The van der Waals surface area contributed by atoms with E-state index in [1.165, 1.54) is 0 Å². The van der Waals surface area contributed by atoms with Crippen molar-refractivity contribution < 1.29 is 13.2 Å². The van der Waals surface area contributed by atoms with Crippen molar-refractivity contribution in [3.63, 3.8) is 0 Å². The Morgan fingerprint density at radius 3 is 2.68 bits per heavy atom. The van der Waals surface area contributed by atoms with Crippen LogP contribution in [0.1, 0.15) is 30.4 Å². The highest BCUT2D eigenvalue weighted by Crippen LogP contribution is 2.57. The summed E-state index contributed by atoms with van der Waals surface area (Å²) in [5.41, 5.74) is 0.725. The van der Waals surface area contributed by atoms with Crippen LogP contribution in [-0.4, -0.2) is 12.4 Å². The molecule has 0 radical (unpaired) electrons. The highest BCUT2D eigenvalue weighted by Gasteiger charge is 2.62. The average Bonchev–Trinajstić information content (AvgIpc) is 3.17. The molecule has 1 fully saturated rings. The predicted molar refractivity (Wildman–Crippen MR) is 67.5 cm³/mol. The maximum atomic E-state index is 12.8. The summed E-state index contributed by atoms with van der Waals surface area (Å²) in [5, 5.41) is 0. The molecule has 0 aromatic heterocycles. The largest absolute Gasteiger partial charge is 0.405 e. The molecule has 0 unspecified atom stereocenters. The molecule has 0 bridgehead atoms. The van der Waals surface area contributed by atoms with Crippen LogP contribution in [0.25, 0.3) is 0 Å². The molecule has 1 aromatic carbocycles. The molecule has 1 aromatic rings. The van der Waals surface area contributed by atoms with E-state index in [9.17, 15) is 13.2 Å². The lowest BCUT2D eigenvalue weighted by molar-refractivity contribution is -0.168. The zero-order valence-corrected chi connectivity index (χ0v) is 10.2. The molecule has 0 saturated heterocycles. The van der Waals surface area contributed by atoms with Gasteiger partial charge in [-0.1, -0.05) is 17.9 Å². The van der Waals surface area contributed by atoms with Crippen LogP contribution in [0.3, 0.4) is 0 Å². The lowest BCUT2D eigenvalue weighted by atomic mass is 9.98. The Morgan fingerprint density at radius 1 is 1.21 bits per heavy atom. The minimum absolute atomic E-state index is 0.122. The van der Waals surface area contributed by atoms with Crippen LogP contribution in [0.2, 0.25) is 0 Å². The Morgan fingerprint density at radius 2 is 2.00 bits per heavy atom. The molecule has 0 spiro atoms. The molecule has 0 atom stereocenters. The molecular formula is C15H12F3N. The Kier molecular flexibility index (Phi) is 2.67. The van der Waals surface area contributed by atoms with Gasteiger partial charge in [0.2, 0.25) is 0 Å². The molecular weight excluding hydrogens is 251 g/mol. The van der Waals surface area contributed by atoms with E-state index in [2.05, 4.69) is 16.8 Å². The van der Waals surface area contributed by atoms with Gasteiger partial charge in [0, 0.05) is 11.8 Å². The quantitative estimate of drug-likeness (QED) is 0.627. The number of alkyl halides is 3. The van der Waals surface area contributed by atoms with Gasteiger partial charge < -0.3 is 0 Å². The van der Waals surface area contributed by atoms with Crippen molar-refractivity contribution in [2.75, 3.05) is 0 Å². The third kappa shape index (κ3) is 2.14. The fourth-order valence-electron chi connectivity index (χ4n) is 2.24. The zero-order chi connectivity index (χ0) is 13.5. The number of aliphatic imine (C=N–C) groups is 1. The first-order valence-electron chi connectivity index (χ1n) is 6.26. The average molecular weight is 263 g/mol. The summed E-state index contributed by atoms with van der Waals surface area (Å²) >= 11 is 0. The highest BCUT2D eigenvalue weighted by molar-refractivity contribution is 5.71. The van der Waals surface area contributed by atoms with Crippen LogP contribution in [0.4, 0.5) is 18.9 Å². The number of fused-ring (bicyclic) bond motifs is 1. The van der Waals surface area contributed by atoms with Crippen LogP contribution >= 0.6 is 0 Å². The van der Waals surface area contributed by atoms with Crippen LogP contribution < -0.4 is 0 Å². The molecule has 19 heavy (non-hydrogen) atoms. The van der Waals surface area contributed by atoms with E-state index in [0.29, 0.717) is 5.56 Å². The highest BCUT2D eigenvalue weighted by atomic mass is 19.4. The van der Waals surface area contributed by atoms with Crippen LogP contribution in [-0.2, 0) is 6.42 Å². The van der Waals surface area contributed by atoms with Crippen molar-refractivity contribution in [3.05, 3.63) is 29.3 Å². The van der Waals surface area contributed by atoms with E-state index in [1.807, 2.05) is 12.3 Å². The number of nitrogens with zero attached hydrogens (tertiary/aromatic N) is 1. The van der Waals surface area contributed by atoms with Crippen molar-refractivity contribution in [3.8, 4) is 11.8 Å². The van der Waals surface area contributed by atoms with Crippen molar-refractivity contribution in [1.82, 2.24) is 0 Å². The first-order chi connectivity index (χ1) is 9.02. The minimum atomic E-state index is -4.22. The second-order valence-electron chi connectivity index (χ2n) is 4.98. The predicted octanol–water partition coefficient (Wildman–Crippen LogP) is 4.03. The summed E-state index contributed by atoms with van der Waals surface area (Å²) in [6.45, 7) is 0. The van der Waals surface area contributed by atoms with Gasteiger partial charge in [-0.2, -0.15) is 13.2 Å². The summed E-state index contributed by atoms with van der Waals surface area (Å²) in [4.78, 5) is 4.25. The monoisotopic (exact) mass is 263 g/mol. The standard InChI is InChI=1S/C15H12F3N/c16-15(17,18)14(8-9-14)7-6-11-3-1-5-13-12(11)4-2-10-19-13/h1,3,5,10H,2,4,8-9H2. The smallest absolute Gasteiger partial charge is 0.261 e. The van der Waals surface area contributed by atoms with E-state index in [1.54, 1.807) is 12.1 Å². The lowest BCUT2D eigenvalue weighted by Crippen LogP contribution is -2.22. The maximum Gasteiger partial charge on any atom is 0.405 e. The van der Waals surface area contributed by atoms with Gasteiger partial charge in [-0.3, -0.25) is 4.99 Å². The molecule has 1 heterocycles. The topological polar surface area (TPSA) is 12.4 Å². The Balaban J connectivity index is 1.96. The molecule has 1 aliphatic carbocycles. The maximum absolute atomic E-state index is 12.8. The van der Waals surface area contributed by atoms with Crippen LogP contribution in [0, 0.1) is 17.3 Å². The summed E-state index contributed by atoms with van der Waals surface area (Å²) < 4.78 is 38.4. The fraction of sp³-hybridized carbons (Fsp3) is 0.400. The Hall–Kier alpha value is -1.76. The molecule has 98 valence electrons. The van der Waals surface area contributed by atoms with Crippen molar-refractivity contribution in [2.24, 2.45) is 10.4 Å². The van der Waals surface area contributed by atoms with Gasteiger partial charge in [0.05, 0.1) is 5.69 Å². The number of benzene rings is 1. The van der Waals surface area contributed by atoms with E-state index in [0.717, 1.165) is 24.1 Å². The SMILES string of the molecule is FC(F)(F)C1(C#Cc2cccc3c2CCC=N3)CC1. The number of hydrogen-bond donors (Lipinski definition) is 0. The second-order valence-corrected chi connectivity index (χ2v) is 4.98. The van der Waals surface area contributed by atoms with Gasteiger partial charge in [-0.05, 0) is 43.4 Å². The number of hydrogen-bond acceptors (Lipinski definition) is 1. The van der Waals surface area contributed by atoms with Crippen molar-refractivity contribution >= 4 is 11.9 Å². The van der Waals surface area contributed by atoms with Gasteiger partial charge in [-0.25, -0.2) is 0 Å². The number of halogens is 3. The van der Waals surface area contributed by atoms with Crippen LogP contribution in [0.15, 0.2) is 23.2 Å². The third-order valence-electron chi connectivity index (χ3n) is 3.63.